The third kappa shape index (κ3) is 5.35. The normalized spacial score (nSPS) is 16.9. The predicted octanol–water partition coefficient (Wildman–Crippen LogP) is 1.51. The minimum Gasteiger partial charge on any atom is -0.497 e. The third-order valence-electron chi connectivity index (χ3n) is 4.00. The molecule has 8 heteroatoms. The molecule has 0 radical (unpaired) electrons. The Hall–Kier alpha value is -2.77. The summed E-state index contributed by atoms with van der Waals surface area (Å²) < 4.78 is 15.6. The number of hydrogen-bond acceptors (Lipinski definition) is 6. The van der Waals surface area contributed by atoms with Gasteiger partial charge in [-0.15, -0.1) is 0 Å². The number of amides is 2. The number of benzene rings is 1. The summed E-state index contributed by atoms with van der Waals surface area (Å²) in [5.74, 6) is -0.716. The van der Waals surface area contributed by atoms with Crippen molar-refractivity contribution in [3.05, 3.63) is 18.2 Å². The highest BCUT2D eigenvalue weighted by Gasteiger charge is 2.37. The average Bonchev–Trinajstić information content (AvgIpc) is 2.99. The van der Waals surface area contributed by atoms with Gasteiger partial charge in [0.15, 0.2) is 6.61 Å². The standard InChI is InChI=1S/C19H26N2O6/c1-19(2,3)20-16(22)11-27-18(24)12-8-17(23)21(10-12)14-7-6-13(25-4)9-15(14)26-5/h6-7,9,12H,8,10-11H2,1-5H3,(H,20,22)/t12-/m0/s1. The van der Waals surface area contributed by atoms with E-state index in [1.807, 2.05) is 20.8 Å². The van der Waals surface area contributed by atoms with E-state index in [4.69, 9.17) is 14.2 Å². The predicted molar refractivity (Wildman–Crippen MR) is 98.9 cm³/mol. The molecule has 1 heterocycles. The number of rotatable bonds is 6. The van der Waals surface area contributed by atoms with Crippen molar-refractivity contribution in [3.8, 4) is 11.5 Å². The number of nitrogens with one attached hydrogen (secondary N) is 1. The summed E-state index contributed by atoms with van der Waals surface area (Å²) in [5.41, 5.74) is 0.151. The van der Waals surface area contributed by atoms with Crippen LogP contribution < -0.4 is 19.7 Å². The fraction of sp³-hybridized carbons (Fsp3) is 0.526. The highest BCUT2D eigenvalue weighted by atomic mass is 16.5. The van der Waals surface area contributed by atoms with Gasteiger partial charge in [0.2, 0.25) is 5.91 Å². The largest absolute Gasteiger partial charge is 0.497 e. The van der Waals surface area contributed by atoms with E-state index in [2.05, 4.69) is 5.32 Å². The lowest BCUT2D eigenvalue weighted by atomic mass is 10.1. The molecule has 2 amide bonds. The van der Waals surface area contributed by atoms with E-state index < -0.39 is 17.4 Å². The van der Waals surface area contributed by atoms with Gasteiger partial charge in [-0.25, -0.2) is 0 Å². The first-order valence-electron chi connectivity index (χ1n) is 8.64. The van der Waals surface area contributed by atoms with E-state index in [0.717, 1.165) is 0 Å². The maximum atomic E-state index is 12.4. The average molecular weight is 378 g/mol. The van der Waals surface area contributed by atoms with Crippen LogP contribution in [0.2, 0.25) is 0 Å². The molecular formula is C19H26N2O6. The van der Waals surface area contributed by atoms with Crippen LogP contribution in [-0.2, 0) is 19.1 Å². The zero-order valence-corrected chi connectivity index (χ0v) is 16.3. The van der Waals surface area contributed by atoms with Gasteiger partial charge in [0.25, 0.3) is 5.91 Å². The Kier molecular flexibility index (Phi) is 6.30. The Labute approximate surface area is 158 Å². The van der Waals surface area contributed by atoms with Crippen LogP contribution in [0.25, 0.3) is 0 Å². The zero-order valence-electron chi connectivity index (χ0n) is 16.3. The third-order valence-corrected chi connectivity index (χ3v) is 4.00. The second kappa shape index (κ2) is 8.28. The second-order valence-corrected chi connectivity index (χ2v) is 7.35. The monoisotopic (exact) mass is 378 g/mol. The Balaban J connectivity index is 2.01. The number of hydrogen-bond donors (Lipinski definition) is 1. The van der Waals surface area contributed by atoms with Crippen LogP contribution in [0.15, 0.2) is 18.2 Å². The van der Waals surface area contributed by atoms with Gasteiger partial charge in [0.05, 0.1) is 25.8 Å². The number of nitrogens with zero attached hydrogens (tertiary/aromatic N) is 1. The van der Waals surface area contributed by atoms with Crippen molar-refractivity contribution in [2.45, 2.75) is 32.7 Å². The molecule has 0 aliphatic carbocycles. The van der Waals surface area contributed by atoms with E-state index in [-0.39, 0.29) is 31.4 Å². The van der Waals surface area contributed by atoms with Gasteiger partial charge in [-0.1, -0.05) is 0 Å². The fourth-order valence-corrected chi connectivity index (χ4v) is 2.82. The van der Waals surface area contributed by atoms with Gasteiger partial charge in [-0.3, -0.25) is 14.4 Å². The maximum Gasteiger partial charge on any atom is 0.311 e. The van der Waals surface area contributed by atoms with Crippen molar-refractivity contribution in [2.75, 3.05) is 32.3 Å². The number of ether oxygens (including phenoxy) is 3. The van der Waals surface area contributed by atoms with Gasteiger partial charge in [0, 0.05) is 24.6 Å². The topological polar surface area (TPSA) is 94.2 Å². The molecule has 148 valence electrons. The Morgan fingerprint density at radius 1 is 1.22 bits per heavy atom. The number of anilines is 1. The maximum absolute atomic E-state index is 12.4. The lowest BCUT2D eigenvalue weighted by Gasteiger charge is -2.21. The molecule has 0 bridgehead atoms. The number of carbonyl (C=O) groups excluding carboxylic acids is 3. The molecule has 1 saturated heterocycles. The van der Waals surface area contributed by atoms with Gasteiger partial charge in [0.1, 0.15) is 11.5 Å². The fourth-order valence-electron chi connectivity index (χ4n) is 2.82. The molecule has 1 atom stereocenters. The Morgan fingerprint density at radius 3 is 2.52 bits per heavy atom. The highest BCUT2D eigenvalue weighted by molar-refractivity contribution is 6.00. The smallest absolute Gasteiger partial charge is 0.311 e. The second-order valence-electron chi connectivity index (χ2n) is 7.35. The van der Waals surface area contributed by atoms with Crippen LogP contribution in [0, 0.1) is 5.92 Å². The molecule has 1 aliphatic heterocycles. The molecule has 1 fully saturated rings. The van der Waals surface area contributed by atoms with Crippen LogP contribution in [-0.4, -0.2) is 50.7 Å². The number of esters is 1. The summed E-state index contributed by atoms with van der Waals surface area (Å²) in [5, 5.41) is 2.71. The quantitative estimate of drug-likeness (QED) is 0.754. The van der Waals surface area contributed by atoms with Gasteiger partial charge in [-0.2, -0.15) is 0 Å². The van der Waals surface area contributed by atoms with Gasteiger partial charge in [-0.05, 0) is 32.9 Å². The van der Waals surface area contributed by atoms with E-state index in [9.17, 15) is 14.4 Å². The Bertz CT molecular complexity index is 725. The minimum absolute atomic E-state index is 0.0227. The molecule has 1 aromatic carbocycles. The molecule has 8 nitrogen and oxygen atoms in total. The summed E-state index contributed by atoms with van der Waals surface area (Å²) in [6.07, 6.45) is 0.0227. The molecule has 27 heavy (non-hydrogen) atoms. The molecule has 0 unspecified atom stereocenters. The lowest BCUT2D eigenvalue weighted by Crippen LogP contribution is -2.43. The summed E-state index contributed by atoms with van der Waals surface area (Å²) in [6, 6.07) is 5.10. The van der Waals surface area contributed by atoms with Crippen molar-refractivity contribution < 1.29 is 28.6 Å². The lowest BCUT2D eigenvalue weighted by molar-refractivity contribution is -0.152. The summed E-state index contributed by atoms with van der Waals surface area (Å²) in [6.45, 7) is 5.31. The first-order valence-corrected chi connectivity index (χ1v) is 8.64. The first-order chi connectivity index (χ1) is 12.6. The number of carbonyl (C=O) groups is 3. The van der Waals surface area contributed by atoms with Gasteiger partial charge < -0.3 is 24.4 Å². The van der Waals surface area contributed by atoms with E-state index in [1.54, 1.807) is 18.2 Å². The van der Waals surface area contributed by atoms with Crippen molar-refractivity contribution >= 4 is 23.5 Å². The highest BCUT2D eigenvalue weighted by Crippen LogP contribution is 2.35. The van der Waals surface area contributed by atoms with Crippen LogP contribution in [0.1, 0.15) is 27.2 Å². The minimum atomic E-state index is -0.633. The van der Waals surface area contributed by atoms with Crippen LogP contribution >= 0.6 is 0 Å². The van der Waals surface area contributed by atoms with Gasteiger partial charge >= 0.3 is 5.97 Å². The molecule has 1 aromatic rings. The summed E-state index contributed by atoms with van der Waals surface area (Å²) in [4.78, 5) is 37.9. The molecule has 0 aromatic heterocycles. The number of methoxy groups -OCH3 is 2. The van der Waals surface area contributed by atoms with Crippen LogP contribution in [0.3, 0.4) is 0 Å². The molecule has 1 N–H and O–H groups in total. The molecule has 0 saturated carbocycles. The van der Waals surface area contributed by atoms with Crippen molar-refractivity contribution in [1.29, 1.82) is 0 Å². The molecule has 2 rings (SSSR count). The van der Waals surface area contributed by atoms with E-state index in [0.29, 0.717) is 17.2 Å². The van der Waals surface area contributed by atoms with Crippen molar-refractivity contribution in [3.63, 3.8) is 0 Å². The van der Waals surface area contributed by atoms with Crippen LogP contribution in [0.5, 0.6) is 11.5 Å². The van der Waals surface area contributed by atoms with Crippen molar-refractivity contribution in [1.82, 2.24) is 5.32 Å². The Morgan fingerprint density at radius 2 is 1.93 bits per heavy atom. The molecule has 0 spiro atoms. The molecule has 1 aliphatic rings. The summed E-state index contributed by atoms with van der Waals surface area (Å²) in [7, 11) is 3.04. The SMILES string of the molecule is COc1ccc(N2C[C@@H](C(=O)OCC(=O)NC(C)(C)C)CC2=O)c(OC)c1. The first kappa shape index (κ1) is 20.5. The van der Waals surface area contributed by atoms with E-state index >= 15 is 0 Å². The summed E-state index contributed by atoms with van der Waals surface area (Å²) >= 11 is 0. The zero-order chi connectivity index (χ0) is 20.2. The molecular weight excluding hydrogens is 352 g/mol. The van der Waals surface area contributed by atoms with E-state index in [1.165, 1.54) is 19.1 Å². The van der Waals surface area contributed by atoms with Crippen LogP contribution in [0.4, 0.5) is 5.69 Å². The van der Waals surface area contributed by atoms with Crippen molar-refractivity contribution in [2.24, 2.45) is 5.92 Å².